The predicted octanol–water partition coefficient (Wildman–Crippen LogP) is 4.16. The molecule has 2 aliphatic rings. The van der Waals surface area contributed by atoms with E-state index in [4.69, 9.17) is 14.2 Å². The minimum absolute atomic E-state index is 0.0339. The number of nitrogens with one attached hydrogen (secondary N) is 1. The van der Waals surface area contributed by atoms with Gasteiger partial charge in [-0.3, -0.25) is 14.6 Å². The average molecular weight is 719 g/mol. The van der Waals surface area contributed by atoms with E-state index >= 15 is 0 Å². The Labute approximate surface area is 292 Å². The molecular formula is C34H46N4O9S2. The lowest BCUT2D eigenvalue weighted by Gasteiger charge is -2.32. The molecule has 2 amide bonds. The molecule has 268 valence electrons. The number of thioether (sulfide) groups is 1. The van der Waals surface area contributed by atoms with E-state index in [9.17, 15) is 27.6 Å². The molecule has 1 N–H and O–H groups in total. The Morgan fingerprint density at radius 1 is 1.08 bits per heavy atom. The van der Waals surface area contributed by atoms with Gasteiger partial charge in [0.2, 0.25) is 15.9 Å². The third kappa shape index (κ3) is 9.94. The van der Waals surface area contributed by atoms with Crippen LogP contribution in [0.15, 0.2) is 53.7 Å². The lowest BCUT2D eigenvalue weighted by atomic mass is 9.97. The Bertz CT molecular complexity index is 1590. The molecule has 0 spiro atoms. The number of esters is 2. The zero-order chi connectivity index (χ0) is 36.0. The molecule has 0 bridgehead atoms. The maximum atomic E-state index is 13.9. The molecule has 0 saturated carbocycles. The highest BCUT2D eigenvalue weighted by Gasteiger charge is 2.51. The van der Waals surface area contributed by atoms with Crippen molar-refractivity contribution in [1.29, 1.82) is 0 Å². The minimum Gasteiger partial charge on any atom is -0.465 e. The smallest absolute Gasteiger partial charge is 0.415 e. The van der Waals surface area contributed by atoms with Gasteiger partial charge in [0.25, 0.3) is 0 Å². The maximum absolute atomic E-state index is 13.9. The van der Waals surface area contributed by atoms with Gasteiger partial charge in [0, 0.05) is 36.7 Å². The van der Waals surface area contributed by atoms with Gasteiger partial charge in [0.15, 0.2) is 0 Å². The predicted molar refractivity (Wildman–Crippen MR) is 183 cm³/mol. The van der Waals surface area contributed by atoms with Crippen molar-refractivity contribution in [1.82, 2.24) is 19.5 Å². The fourth-order valence-corrected chi connectivity index (χ4v) is 8.68. The van der Waals surface area contributed by atoms with Gasteiger partial charge in [-0.1, -0.05) is 19.1 Å². The van der Waals surface area contributed by atoms with Crippen LogP contribution in [-0.4, -0.2) is 94.6 Å². The molecular weight excluding hydrogens is 673 g/mol. The molecule has 49 heavy (non-hydrogen) atoms. The molecule has 2 aromatic rings. The van der Waals surface area contributed by atoms with E-state index in [1.165, 1.54) is 36.3 Å². The molecule has 4 rings (SSSR count). The molecule has 2 fully saturated rings. The number of aromatic nitrogens is 1. The van der Waals surface area contributed by atoms with Gasteiger partial charge >= 0.3 is 18.0 Å². The summed E-state index contributed by atoms with van der Waals surface area (Å²) in [5, 5.41) is 2.78. The van der Waals surface area contributed by atoms with Crippen LogP contribution < -0.4 is 10.1 Å². The number of carbonyl (C=O) groups is 4. The van der Waals surface area contributed by atoms with Crippen molar-refractivity contribution >= 4 is 45.7 Å². The normalized spacial score (nSPS) is 19.1. The standard InChI is InChI=1S/C34H46N4O9S2/c1-7-19-45-30(40)24-14-17-37(18-15-24)32(42)46-25-12-10-23(11-13-25)20-27(31(41)47-33(2,3)4)36-29(39)28-34(5,6)48-22-38(28)49(43,44)26-9-8-16-35-21-26/h8-13,16,21,24,27-28H,7,14-15,17-20,22H2,1-6H3,(H,36,39)/t27-,28+/m0/s1. The maximum Gasteiger partial charge on any atom is 0.415 e. The fraction of sp³-hybridized carbons (Fsp3) is 0.559. The highest BCUT2D eigenvalue weighted by atomic mass is 32.2. The largest absolute Gasteiger partial charge is 0.465 e. The number of likely N-dealkylation sites (tertiary alicyclic amines) is 1. The highest BCUT2D eigenvalue weighted by Crippen LogP contribution is 2.42. The van der Waals surface area contributed by atoms with Crippen LogP contribution in [0.4, 0.5) is 4.79 Å². The van der Waals surface area contributed by atoms with Crippen molar-refractivity contribution in [2.75, 3.05) is 25.6 Å². The van der Waals surface area contributed by atoms with E-state index in [2.05, 4.69) is 10.3 Å². The monoisotopic (exact) mass is 718 g/mol. The third-order valence-corrected chi connectivity index (χ3v) is 11.4. The Morgan fingerprint density at radius 3 is 2.35 bits per heavy atom. The van der Waals surface area contributed by atoms with Gasteiger partial charge < -0.3 is 24.4 Å². The summed E-state index contributed by atoms with van der Waals surface area (Å²) in [6.45, 7) is 11.8. The third-order valence-electron chi connectivity index (χ3n) is 8.11. The molecule has 1 aromatic carbocycles. The van der Waals surface area contributed by atoms with E-state index in [-0.39, 0.29) is 34.8 Å². The molecule has 0 aliphatic carbocycles. The topological polar surface area (TPSA) is 162 Å². The number of amides is 2. The number of piperidine rings is 1. The molecule has 1 aromatic heterocycles. The number of carbonyl (C=O) groups excluding carboxylic acids is 4. The summed E-state index contributed by atoms with van der Waals surface area (Å²) in [5.41, 5.74) is -0.206. The number of ether oxygens (including phenoxy) is 3. The van der Waals surface area contributed by atoms with Crippen molar-refractivity contribution in [3.63, 3.8) is 0 Å². The number of pyridine rings is 1. The van der Waals surface area contributed by atoms with Gasteiger partial charge in [-0.2, -0.15) is 4.31 Å². The van der Waals surface area contributed by atoms with Crippen LogP contribution in [0.3, 0.4) is 0 Å². The zero-order valence-corrected chi connectivity index (χ0v) is 30.5. The number of nitrogens with zero attached hydrogens (tertiary/aromatic N) is 3. The molecule has 0 unspecified atom stereocenters. The fourth-order valence-electron chi connectivity index (χ4n) is 5.55. The zero-order valence-electron chi connectivity index (χ0n) is 28.8. The van der Waals surface area contributed by atoms with Crippen molar-refractivity contribution < 1.29 is 41.8 Å². The number of hydrogen-bond acceptors (Lipinski definition) is 11. The molecule has 13 nitrogen and oxygen atoms in total. The minimum atomic E-state index is -4.07. The van der Waals surface area contributed by atoms with Gasteiger partial charge in [-0.15, -0.1) is 11.8 Å². The Morgan fingerprint density at radius 2 is 1.76 bits per heavy atom. The Balaban J connectivity index is 1.44. The first-order valence-electron chi connectivity index (χ1n) is 16.3. The molecule has 0 radical (unpaired) electrons. The van der Waals surface area contributed by atoms with Crippen LogP contribution >= 0.6 is 11.8 Å². The SMILES string of the molecule is CCCOC(=O)C1CCN(C(=O)Oc2ccc(C[C@H](NC(=O)[C@H]3N(S(=O)(=O)c4cccnc4)CSC3(C)C)C(=O)OC(C)(C)C)cc2)CC1. The molecule has 3 heterocycles. The number of sulfonamides is 1. The summed E-state index contributed by atoms with van der Waals surface area (Å²) in [5.74, 6) is -1.44. The Hall–Kier alpha value is -3.69. The van der Waals surface area contributed by atoms with Crippen molar-refractivity contribution in [2.45, 2.75) is 94.6 Å². The van der Waals surface area contributed by atoms with Crippen LogP contribution in [0.2, 0.25) is 0 Å². The van der Waals surface area contributed by atoms with E-state index in [0.29, 0.717) is 38.1 Å². The summed E-state index contributed by atoms with van der Waals surface area (Å²) < 4.78 is 43.9. The lowest BCUT2D eigenvalue weighted by molar-refractivity contribution is -0.159. The van der Waals surface area contributed by atoms with Gasteiger partial charge in [-0.05, 0) is 83.7 Å². The van der Waals surface area contributed by atoms with Crippen LogP contribution in [0, 0.1) is 5.92 Å². The summed E-state index contributed by atoms with van der Waals surface area (Å²) in [7, 11) is -4.07. The highest BCUT2D eigenvalue weighted by molar-refractivity contribution is 8.02. The summed E-state index contributed by atoms with van der Waals surface area (Å²) in [6, 6.07) is 7.21. The summed E-state index contributed by atoms with van der Waals surface area (Å²) in [4.78, 5) is 57.7. The molecule has 2 saturated heterocycles. The quantitative estimate of drug-likeness (QED) is 0.332. The van der Waals surface area contributed by atoms with Crippen molar-refractivity contribution in [2.24, 2.45) is 5.92 Å². The van der Waals surface area contributed by atoms with Crippen molar-refractivity contribution in [3.8, 4) is 5.75 Å². The molecule has 2 aliphatic heterocycles. The van der Waals surface area contributed by atoms with Crippen LogP contribution in [0.1, 0.15) is 66.4 Å². The first-order valence-corrected chi connectivity index (χ1v) is 18.8. The number of benzene rings is 1. The molecule has 15 heteroatoms. The first-order chi connectivity index (χ1) is 23.0. The van der Waals surface area contributed by atoms with Crippen LogP contribution in [0.25, 0.3) is 0 Å². The van der Waals surface area contributed by atoms with E-state index in [1.54, 1.807) is 63.8 Å². The second-order valence-corrected chi connectivity index (χ2v) is 17.1. The summed E-state index contributed by atoms with van der Waals surface area (Å²) >= 11 is 1.32. The van der Waals surface area contributed by atoms with E-state index in [1.807, 2.05) is 6.92 Å². The van der Waals surface area contributed by atoms with Crippen LogP contribution in [-0.2, 0) is 40.3 Å². The second kappa shape index (κ2) is 15.9. The average Bonchev–Trinajstić information content (AvgIpc) is 3.39. The van der Waals surface area contributed by atoms with Gasteiger partial charge in [0.05, 0.1) is 18.4 Å². The Kier molecular flexibility index (Phi) is 12.4. The number of hydrogen-bond donors (Lipinski definition) is 1. The van der Waals surface area contributed by atoms with Gasteiger partial charge in [0.1, 0.15) is 28.3 Å². The van der Waals surface area contributed by atoms with E-state index in [0.717, 1.165) is 10.7 Å². The first kappa shape index (κ1) is 38.1. The van der Waals surface area contributed by atoms with Crippen molar-refractivity contribution in [3.05, 3.63) is 54.4 Å². The summed E-state index contributed by atoms with van der Waals surface area (Å²) in [6.07, 6.45) is 3.95. The molecule has 2 atom stereocenters. The second-order valence-electron chi connectivity index (χ2n) is 13.6. The van der Waals surface area contributed by atoms with Crippen LogP contribution in [0.5, 0.6) is 5.75 Å². The number of rotatable bonds is 11. The lowest BCUT2D eigenvalue weighted by Crippen LogP contribution is -2.57. The van der Waals surface area contributed by atoms with E-state index < -0.39 is 50.4 Å². The van der Waals surface area contributed by atoms with Gasteiger partial charge in [-0.25, -0.2) is 18.0 Å².